The third-order valence-electron chi connectivity index (χ3n) is 3.16. The molecule has 0 saturated heterocycles. The van der Waals surface area contributed by atoms with E-state index in [1.54, 1.807) is 4.90 Å². The van der Waals surface area contributed by atoms with Gasteiger partial charge in [0.1, 0.15) is 5.56 Å². The normalized spacial score (nSPS) is 15.4. The summed E-state index contributed by atoms with van der Waals surface area (Å²) in [6, 6.07) is 1.62. The molecule has 1 N–H and O–H groups in total. The van der Waals surface area contributed by atoms with Crippen LogP contribution in [0.2, 0.25) is 0 Å². The largest absolute Gasteiger partial charge is 0.367 e. The molecule has 0 atom stereocenters. The maximum atomic E-state index is 12.2. The molecular weight excluding hydrogens is 240 g/mol. The molecule has 4 nitrogen and oxygen atoms in total. The van der Waals surface area contributed by atoms with Gasteiger partial charge < -0.3 is 9.88 Å². The zero-order valence-electron chi connectivity index (χ0n) is 9.49. The number of aromatic amines is 1. The van der Waals surface area contributed by atoms with Gasteiger partial charge in [-0.3, -0.25) is 9.59 Å². The lowest BCUT2D eigenvalue weighted by molar-refractivity contribution is 0.0596. The van der Waals surface area contributed by atoms with E-state index in [0.717, 1.165) is 19.3 Å². The summed E-state index contributed by atoms with van der Waals surface area (Å²) in [5.41, 5.74) is -0.0443. The first-order valence-electron chi connectivity index (χ1n) is 5.78. The molecule has 1 fully saturated rings. The Morgan fingerprint density at radius 3 is 2.82 bits per heavy atom. The lowest BCUT2D eigenvalue weighted by atomic mass is 9.91. The molecular formula is C12H15ClN2O2. The second kappa shape index (κ2) is 5.36. The molecule has 0 unspecified atom stereocenters. The van der Waals surface area contributed by atoms with Crippen LogP contribution in [0.25, 0.3) is 0 Å². The number of carbonyl (C=O) groups is 1. The first-order chi connectivity index (χ1) is 8.24. The van der Waals surface area contributed by atoms with Gasteiger partial charge in [-0.25, -0.2) is 0 Å². The third-order valence-corrected chi connectivity index (χ3v) is 3.33. The lowest BCUT2D eigenvalue weighted by Gasteiger charge is -2.37. The number of nitrogens with zero attached hydrogens (tertiary/aromatic N) is 1. The Kier molecular flexibility index (Phi) is 3.84. The van der Waals surface area contributed by atoms with Gasteiger partial charge in [0.25, 0.3) is 5.91 Å². The van der Waals surface area contributed by atoms with E-state index in [9.17, 15) is 9.59 Å². The Morgan fingerprint density at radius 2 is 2.29 bits per heavy atom. The topological polar surface area (TPSA) is 53.2 Å². The van der Waals surface area contributed by atoms with E-state index in [4.69, 9.17) is 11.6 Å². The van der Waals surface area contributed by atoms with Crippen molar-refractivity contribution in [3.8, 4) is 0 Å². The molecule has 1 amide bonds. The van der Waals surface area contributed by atoms with Crippen molar-refractivity contribution in [1.82, 2.24) is 9.88 Å². The van der Waals surface area contributed by atoms with Crippen molar-refractivity contribution in [3.05, 3.63) is 34.2 Å². The highest BCUT2D eigenvalue weighted by molar-refractivity contribution is 6.18. The van der Waals surface area contributed by atoms with E-state index >= 15 is 0 Å². The molecule has 1 aromatic rings. The van der Waals surface area contributed by atoms with Crippen molar-refractivity contribution in [2.75, 3.05) is 12.4 Å². The average Bonchev–Trinajstić information content (AvgIpc) is 2.26. The van der Waals surface area contributed by atoms with Crippen molar-refractivity contribution in [1.29, 1.82) is 0 Å². The van der Waals surface area contributed by atoms with Gasteiger partial charge >= 0.3 is 0 Å². The van der Waals surface area contributed by atoms with Crippen molar-refractivity contribution >= 4 is 17.5 Å². The maximum absolute atomic E-state index is 12.2. The fourth-order valence-corrected chi connectivity index (χ4v) is 2.16. The van der Waals surface area contributed by atoms with Gasteiger partial charge in [0.05, 0.1) is 0 Å². The molecule has 0 bridgehead atoms. The fraction of sp³-hybridized carbons (Fsp3) is 0.500. The number of hydrogen-bond acceptors (Lipinski definition) is 2. The fourth-order valence-electron chi connectivity index (χ4n) is 1.98. The van der Waals surface area contributed by atoms with E-state index in [0.29, 0.717) is 12.4 Å². The van der Waals surface area contributed by atoms with Crippen molar-refractivity contribution in [2.24, 2.45) is 0 Å². The number of hydrogen-bond donors (Lipinski definition) is 1. The van der Waals surface area contributed by atoms with Crippen LogP contribution in [0.4, 0.5) is 0 Å². The monoisotopic (exact) mass is 254 g/mol. The summed E-state index contributed by atoms with van der Waals surface area (Å²) in [6.07, 6.45) is 6.14. The molecule has 1 heterocycles. The predicted molar refractivity (Wildman–Crippen MR) is 66.5 cm³/mol. The molecule has 2 rings (SSSR count). The minimum Gasteiger partial charge on any atom is -0.367 e. The van der Waals surface area contributed by atoms with Gasteiger partial charge in [0.15, 0.2) is 5.43 Å². The summed E-state index contributed by atoms with van der Waals surface area (Å²) in [7, 11) is 0. The first kappa shape index (κ1) is 12.2. The Hall–Kier alpha value is -1.29. The van der Waals surface area contributed by atoms with Crippen LogP contribution in [0.15, 0.2) is 23.3 Å². The van der Waals surface area contributed by atoms with E-state index in [2.05, 4.69) is 4.98 Å². The van der Waals surface area contributed by atoms with Gasteiger partial charge in [-0.05, 0) is 19.3 Å². The van der Waals surface area contributed by atoms with E-state index < -0.39 is 0 Å². The summed E-state index contributed by atoms with van der Waals surface area (Å²) >= 11 is 5.71. The first-order valence-corrected chi connectivity index (χ1v) is 6.31. The van der Waals surface area contributed by atoms with Crippen LogP contribution in [-0.4, -0.2) is 34.3 Å². The summed E-state index contributed by atoms with van der Waals surface area (Å²) in [6.45, 7) is 0.499. The van der Waals surface area contributed by atoms with E-state index in [-0.39, 0.29) is 22.9 Å². The number of alkyl halides is 1. The minimum absolute atomic E-state index is 0.199. The number of rotatable bonds is 4. The second-order valence-electron chi connectivity index (χ2n) is 4.19. The standard InChI is InChI=1S/C12H15ClN2O2/c13-5-7-15(9-2-1-3-9)12(17)10-8-14-6-4-11(10)16/h4,6,8-9H,1-3,5,7H2,(H,14,16). The number of aromatic nitrogens is 1. The lowest BCUT2D eigenvalue weighted by Crippen LogP contribution is -2.46. The van der Waals surface area contributed by atoms with Gasteiger partial charge in [0.2, 0.25) is 0 Å². The molecule has 0 spiro atoms. The smallest absolute Gasteiger partial charge is 0.259 e. The Morgan fingerprint density at radius 1 is 1.53 bits per heavy atom. The van der Waals surface area contributed by atoms with Gasteiger partial charge in [0, 0.05) is 36.9 Å². The third kappa shape index (κ3) is 2.52. The van der Waals surface area contributed by atoms with Crippen LogP contribution in [0.5, 0.6) is 0 Å². The molecule has 5 heteroatoms. The van der Waals surface area contributed by atoms with Crippen LogP contribution in [-0.2, 0) is 0 Å². The predicted octanol–water partition coefficient (Wildman–Crippen LogP) is 1.61. The van der Waals surface area contributed by atoms with Crippen LogP contribution in [0, 0.1) is 0 Å². The van der Waals surface area contributed by atoms with Crippen LogP contribution >= 0.6 is 11.6 Å². The number of H-pyrrole nitrogens is 1. The molecule has 17 heavy (non-hydrogen) atoms. The van der Waals surface area contributed by atoms with E-state index in [1.807, 2.05) is 0 Å². The molecule has 0 radical (unpaired) electrons. The minimum atomic E-state index is -0.243. The number of carbonyl (C=O) groups excluding carboxylic acids is 1. The summed E-state index contributed by atoms with van der Waals surface area (Å²) in [5, 5.41) is 0. The number of halogens is 1. The zero-order chi connectivity index (χ0) is 12.3. The van der Waals surface area contributed by atoms with Crippen molar-refractivity contribution in [2.45, 2.75) is 25.3 Å². The van der Waals surface area contributed by atoms with Crippen LogP contribution < -0.4 is 5.43 Å². The molecule has 1 aromatic heterocycles. The van der Waals surface area contributed by atoms with Crippen LogP contribution in [0.3, 0.4) is 0 Å². The van der Waals surface area contributed by atoms with Crippen molar-refractivity contribution in [3.63, 3.8) is 0 Å². The molecule has 0 aliphatic heterocycles. The second-order valence-corrected chi connectivity index (χ2v) is 4.57. The van der Waals surface area contributed by atoms with Gasteiger partial charge in [-0.1, -0.05) is 0 Å². The summed E-state index contributed by atoms with van der Waals surface area (Å²) in [5.74, 6) is 0.185. The SMILES string of the molecule is O=C(c1c[nH]ccc1=O)N(CCCl)C1CCC1. The molecule has 0 aromatic carbocycles. The highest BCUT2D eigenvalue weighted by atomic mass is 35.5. The number of nitrogens with one attached hydrogen (secondary N) is 1. The number of amides is 1. The van der Waals surface area contributed by atoms with Gasteiger partial charge in [-0.15, -0.1) is 11.6 Å². The molecule has 92 valence electrons. The summed E-state index contributed by atoms with van der Waals surface area (Å²) < 4.78 is 0. The highest BCUT2D eigenvalue weighted by Crippen LogP contribution is 2.25. The van der Waals surface area contributed by atoms with Gasteiger partial charge in [-0.2, -0.15) is 0 Å². The maximum Gasteiger partial charge on any atom is 0.259 e. The molecule has 1 aliphatic carbocycles. The quantitative estimate of drug-likeness (QED) is 0.830. The summed E-state index contributed by atoms with van der Waals surface area (Å²) in [4.78, 5) is 28.3. The molecule has 1 aliphatic rings. The highest BCUT2D eigenvalue weighted by Gasteiger charge is 2.29. The number of pyridine rings is 1. The Bertz CT molecular complexity index is 454. The van der Waals surface area contributed by atoms with Crippen LogP contribution in [0.1, 0.15) is 29.6 Å². The zero-order valence-corrected chi connectivity index (χ0v) is 10.2. The Balaban J connectivity index is 2.21. The molecule has 1 saturated carbocycles. The Labute approximate surface area is 105 Å². The van der Waals surface area contributed by atoms with Crippen molar-refractivity contribution < 1.29 is 4.79 Å². The average molecular weight is 255 g/mol. The van der Waals surface area contributed by atoms with E-state index in [1.165, 1.54) is 18.5 Å².